The average molecular weight is 512 g/mol. The molecule has 1 amide bonds. The number of amides is 1. The molecule has 0 bridgehead atoms. The predicted octanol–water partition coefficient (Wildman–Crippen LogP) is 4.36. The number of nitrogens with one attached hydrogen (secondary N) is 1. The molecule has 10 nitrogen and oxygen atoms in total. The first kappa shape index (κ1) is 23.7. The van der Waals surface area contributed by atoms with Crippen molar-refractivity contribution in [3.63, 3.8) is 0 Å². The summed E-state index contributed by atoms with van der Waals surface area (Å²) in [6.45, 7) is 6.14. The molecule has 5 rings (SSSR count). The lowest BCUT2D eigenvalue weighted by Crippen LogP contribution is -2.19. The van der Waals surface area contributed by atoms with Gasteiger partial charge in [-0.25, -0.2) is 23.4 Å². The van der Waals surface area contributed by atoms with E-state index >= 15 is 0 Å². The maximum absolute atomic E-state index is 14.0. The normalized spacial score (nSPS) is 11.6. The Morgan fingerprint density at radius 2 is 1.94 bits per heavy atom. The molecule has 0 saturated carbocycles. The van der Waals surface area contributed by atoms with Crippen LogP contribution < -0.4 is 5.32 Å². The summed E-state index contributed by atoms with van der Waals surface area (Å²) in [5.41, 5.74) is 3.93. The molecule has 0 atom stereocenters. The Bertz CT molecular complexity index is 1580. The zero-order valence-electron chi connectivity index (χ0n) is 20.0. The van der Waals surface area contributed by atoms with Crippen LogP contribution in [-0.4, -0.2) is 45.2 Å². The zero-order chi connectivity index (χ0) is 25.6. The van der Waals surface area contributed by atoms with Gasteiger partial charge in [0.05, 0.1) is 34.9 Å². The molecule has 0 radical (unpaired) electrons. The monoisotopic (exact) mass is 511 g/mol. The van der Waals surface area contributed by atoms with Gasteiger partial charge in [0.1, 0.15) is 6.54 Å². The fourth-order valence-corrected chi connectivity index (χ4v) is 4.86. The molecule has 186 valence electrons. The lowest BCUT2D eigenvalue weighted by molar-refractivity contribution is -0.116. The number of hydrogen-bond acceptors (Lipinski definition) is 7. The van der Waals surface area contributed by atoms with Crippen LogP contribution in [0.1, 0.15) is 30.3 Å². The smallest absolute Gasteiger partial charge is 0.264 e. The molecule has 0 fully saturated rings. The van der Waals surface area contributed by atoms with E-state index in [0.29, 0.717) is 22.1 Å². The number of thiazole rings is 1. The second-order valence-electron chi connectivity index (χ2n) is 8.29. The number of alkyl halides is 2. The Kier molecular flexibility index (Phi) is 6.08. The summed E-state index contributed by atoms with van der Waals surface area (Å²) < 4.78 is 32.7. The van der Waals surface area contributed by atoms with Gasteiger partial charge in [-0.3, -0.25) is 14.2 Å². The van der Waals surface area contributed by atoms with Gasteiger partial charge in [-0.1, -0.05) is 0 Å². The minimum absolute atomic E-state index is 0.185. The molecule has 5 aromatic heterocycles. The number of carbonyl (C=O) groups is 1. The molecule has 0 unspecified atom stereocenters. The second-order valence-corrected chi connectivity index (χ2v) is 9.15. The highest BCUT2D eigenvalue weighted by molar-refractivity contribution is 7.14. The lowest BCUT2D eigenvalue weighted by Gasteiger charge is -2.08. The van der Waals surface area contributed by atoms with Crippen LogP contribution in [0.15, 0.2) is 30.0 Å². The van der Waals surface area contributed by atoms with Crippen molar-refractivity contribution in [2.45, 2.75) is 40.3 Å². The number of aromatic nitrogens is 8. The topological polar surface area (TPSA) is 108 Å². The maximum Gasteiger partial charge on any atom is 0.264 e. The van der Waals surface area contributed by atoms with E-state index in [4.69, 9.17) is 0 Å². The SMILES string of the molecule is CCn1ncc(-c2csc(NC(=O)Cn3nc(C)c4c(C(F)F)cc(-c5cnn(C)c5)nc43)n2)c1C. The highest BCUT2D eigenvalue weighted by atomic mass is 32.1. The summed E-state index contributed by atoms with van der Waals surface area (Å²) in [5.74, 6) is -0.395. The van der Waals surface area contributed by atoms with Crippen LogP contribution in [-0.2, 0) is 24.9 Å². The Morgan fingerprint density at radius 3 is 2.61 bits per heavy atom. The van der Waals surface area contributed by atoms with Crippen LogP contribution >= 0.6 is 11.3 Å². The molecular weight excluding hydrogens is 488 g/mol. The van der Waals surface area contributed by atoms with Gasteiger partial charge in [-0.05, 0) is 26.8 Å². The van der Waals surface area contributed by atoms with Gasteiger partial charge in [-0.2, -0.15) is 15.3 Å². The molecule has 0 aromatic carbocycles. The van der Waals surface area contributed by atoms with Crippen LogP contribution in [0, 0.1) is 13.8 Å². The summed E-state index contributed by atoms with van der Waals surface area (Å²) in [4.78, 5) is 21.9. The molecule has 0 aliphatic carbocycles. The van der Waals surface area contributed by atoms with Gasteiger partial charge in [0.25, 0.3) is 6.43 Å². The molecule has 1 N–H and O–H groups in total. The molecular formula is C23H23F2N9OS. The standard InChI is InChI=1S/C23H23F2N9OS/c1-5-33-13(3)16(8-27-33)18-11-36-23(29-18)30-19(35)10-34-22-20(12(2)31-34)15(21(24)25)6-17(28-22)14-7-26-32(4)9-14/h6-9,11,21H,5,10H2,1-4H3,(H,29,30,35). The van der Waals surface area contributed by atoms with Gasteiger partial charge >= 0.3 is 0 Å². The predicted molar refractivity (Wildman–Crippen MR) is 132 cm³/mol. The fourth-order valence-electron chi connectivity index (χ4n) is 4.14. The fraction of sp³-hybridized carbons (Fsp3) is 0.304. The summed E-state index contributed by atoms with van der Waals surface area (Å²) in [6, 6.07) is 1.35. The highest BCUT2D eigenvalue weighted by Gasteiger charge is 2.22. The van der Waals surface area contributed by atoms with Gasteiger partial charge < -0.3 is 5.32 Å². The van der Waals surface area contributed by atoms with Gasteiger partial charge in [-0.15, -0.1) is 11.3 Å². The van der Waals surface area contributed by atoms with Crippen molar-refractivity contribution >= 4 is 33.4 Å². The Hall–Kier alpha value is -4.00. The molecule has 0 aliphatic heterocycles. The molecule has 13 heteroatoms. The number of pyridine rings is 1. The van der Waals surface area contributed by atoms with E-state index in [9.17, 15) is 13.6 Å². The first-order valence-corrected chi connectivity index (χ1v) is 12.1. The summed E-state index contributed by atoms with van der Waals surface area (Å²) in [6.07, 6.45) is 2.26. The molecule has 5 heterocycles. The van der Waals surface area contributed by atoms with E-state index in [1.165, 1.54) is 22.1 Å². The third-order valence-electron chi connectivity index (χ3n) is 5.87. The van der Waals surface area contributed by atoms with Crippen molar-refractivity contribution in [3.8, 4) is 22.5 Å². The third-order valence-corrected chi connectivity index (χ3v) is 6.62. The van der Waals surface area contributed by atoms with Crippen LogP contribution in [0.25, 0.3) is 33.5 Å². The van der Waals surface area contributed by atoms with E-state index in [1.54, 1.807) is 37.2 Å². The van der Waals surface area contributed by atoms with Crippen molar-refractivity contribution in [1.82, 2.24) is 39.3 Å². The van der Waals surface area contributed by atoms with Crippen molar-refractivity contribution in [1.29, 1.82) is 0 Å². The van der Waals surface area contributed by atoms with E-state index in [2.05, 4.69) is 30.6 Å². The van der Waals surface area contributed by atoms with Crippen LogP contribution in [0.5, 0.6) is 0 Å². The Labute approximate surface area is 208 Å². The van der Waals surface area contributed by atoms with Crippen molar-refractivity contribution < 1.29 is 13.6 Å². The number of halogens is 2. The minimum Gasteiger partial charge on any atom is -0.300 e. The number of nitrogens with zero attached hydrogens (tertiary/aromatic N) is 8. The van der Waals surface area contributed by atoms with Gasteiger partial charge in [0.15, 0.2) is 10.8 Å². The van der Waals surface area contributed by atoms with E-state index in [-0.39, 0.29) is 23.1 Å². The summed E-state index contributed by atoms with van der Waals surface area (Å²) in [5, 5.41) is 18.1. The van der Waals surface area contributed by atoms with Crippen LogP contribution in [0.2, 0.25) is 0 Å². The quantitative estimate of drug-likeness (QED) is 0.348. The Balaban J connectivity index is 1.43. The number of carbonyl (C=O) groups excluding carboxylic acids is 1. The summed E-state index contributed by atoms with van der Waals surface area (Å²) in [7, 11) is 1.73. The molecule has 0 aliphatic rings. The molecule has 0 saturated heterocycles. The van der Waals surface area contributed by atoms with Gasteiger partial charge in [0.2, 0.25) is 5.91 Å². The number of rotatable bonds is 7. The van der Waals surface area contributed by atoms with Crippen LogP contribution in [0.3, 0.4) is 0 Å². The molecule has 0 spiro atoms. The number of aryl methyl sites for hydroxylation is 3. The Morgan fingerprint density at radius 1 is 1.14 bits per heavy atom. The largest absolute Gasteiger partial charge is 0.300 e. The lowest BCUT2D eigenvalue weighted by atomic mass is 10.1. The first-order valence-electron chi connectivity index (χ1n) is 11.2. The van der Waals surface area contributed by atoms with Gasteiger partial charge in [0, 0.05) is 47.6 Å². The number of anilines is 1. The third kappa shape index (κ3) is 4.26. The second kappa shape index (κ2) is 9.22. The van der Waals surface area contributed by atoms with Crippen LogP contribution in [0.4, 0.5) is 13.9 Å². The number of fused-ring (bicyclic) bond motifs is 1. The minimum atomic E-state index is -2.73. The molecule has 5 aromatic rings. The average Bonchev–Trinajstić information content (AvgIpc) is 3.61. The summed E-state index contributed by atoms with van der Waals surface area (Å²) >= 11 is 1.29. The van der Waals surface area contributed by atoms with E-state index in [1.807, 2.05) is 23.9 Å². The van der Waals surface area contributed by atoms with E-state index < -0.39 is 12.3 Å². The van der Waals surface area contributed by atoms with Crippen molar-refractivity contribution in [2.24, 2.45) is 7.05 Å². The first-order chi connectivity index (χ1) is 17.2. The highest BCUT2D eigenvalue weighted by Crippen LogP contribution is 2.33. The van der Waals surface area contributed by atoms with E-state index in [0.717, 1.165) is 23.5 Å². The molecule has 36 heavy (non-hydrogen) atoms. The van der Waals surface area contributed by atoms with Crippen molar-refractivity contribution in [3.05, 3.63) is 47.0 Å². The maximum atomic E-state index is 14.0. The number of hydrogen-bond donors (Lipinski definition) is 1. The van der Waals surface area contributed by atoms with Crippen molar-refractivity contribution in [2.75, 3.05) is 5.32 Å². The zero-order valence-corrected chi connectivity index (χ0v) is 20.8.